The maximum absolute atomic E-state index is 9.76. The largest absolute Gasteiger partial charge is 0.504 e. The summed E-state index contributed by atoms with van der Waals surface area (Å²) < 4.78 is 17.2. The van der Waals surface area contributed by atoms with Gasteiger partial charge < -0.3 is 19.2 Å². The maximum Gasteiger partial charge on any atom is 0.495 e. The Hall–Kier alpha value is -1.20. The molecular weight excluding hydrogens is 243 g/mol. The minimum Gasteiger partial charge on any atom is -0.504 e. The van der Waals surface area contributed by atoms with Crippen LogP contribution in [0.5, 0.6) is 11.5 Å². The number of aromatic hydroxyl groups is 1. The summed E-state index contributed by atoms with van der Waals surface area (Å²) in [6.45, 7) is 9.97. The molecule has 0 radical (unpaired) electrons. The first-order valence-electron chi connectivity index (χ1n) is 6.41. The Morgan fingerprint density at radius 3 is 2.11 bits per heavy atom. The van der Waals surface area contributed by atoms with Crippen molar-refractivity contribution in [1.29, 1.82) is 0 Å². The van der Waals surface area contributed by atoms with E-state index in [9.17, 15) is 5.11 Å². The Labute approximate surface area is 114 Å². The summed E-state index contributed by atoms with van der Waals surface area (Å²) in [6, 6.07) is 3.44. The summed E-state index contributed by atoms with van der Waals surface area (Å²) in [5.74, 6) is 0.551. The van der Waals surface area contributed by atoms with Gasteiger partial charge in [0.25, 0.3) is 0 Å². The minimum absolute atomic E-state index is 0.125. The van der Waals surface area contributed by atoms with E-state index < -0.39 is 7.12 Å². The molecule has 0 saturated carbocycles. The summed E-state index contributed by atoms with van der Waals surface area (Å²) in [5, 5.41) is 9.76. The number of phenolic OH excluding ortho intramolecular Hbond substituents is 1. The van der Waals surface area contributed by atoms with Gasteiger partial charge in [-0.05, 0) is 57.8 Å². The summed E-state index contributed by atoms with van der Waals surface area (Å²) in [7, 11) is 1.08. The lowest BCUT2D eigenvalue weighted by molar-refractivity contribution is 0.00578. The molecule has 19 heavy (non-hydrogen) atoms. The SMILES string of the molecule is COc1cc(B2OC(C)(C)C(C)(C)O2)c(C)cc1O. The smallest absolute Gasteiger partial charge is 0.495 e. The van der Waals surface area contributed by atoms with Crippen LogP contribution in [0.3, 0.4) is 0 Å². The van der Waals surface area contributed by atoms with Crippen molar-refractivity contribution in [1.82, 2.24) is 0 Å². The first-order chi connectivity index (χ1) is 8.68. The van der Waals surface area contributed by atoms with Crippen LogP contribution < -0.4 is 10.2 Å². The van der Waals surface area contributed by atoms with Crippen LogP contribution in [0, 0.1) is 6.92 Å². The van der Waals surface area contributed by atoms with E-state index in [1.807, 2.05) is 34.6 Å². The van der Waals surface area contributed by atoms with E-state index in [-0.39, 0.29) is 17.0 Å². The van der Waals surface area contributed by atoms with Gasteiger partial charge in [0, 0.05) is 0 Å². The van der Waals surface area contributed by atoms with E-state index in [1.165, 1.54) is 7.11 Å². The molecule has 1 aromatic carbocycles. The fourth-order valence-corrected chi connectivity index (χ4v) is 2.08. The lowest BCUT2D eigenvalue weighted by Gasteiger charge is -2.32. The van der Waals surface area contributed by atoms with Crippen molar-refractivity contribution in [2.24, 2.45) is 0 Å². The monoisotopic (exact) mass is 264 g/mol. The van der Waals surface area contributed by atoms with Crippen molar-refractivity contribution in [3.8, 4) is 11.5 Å². The van der Waals surface area contributed by atoms with E-state index in [0.29, 0.717) is 5.75 Å². The summed E-state index contributed by atoms with van der Waals surface area (Å²) in [6.07, 6.45) is 0. The topological polar surface area (TPSA) is 47.9 Å². The van der Waals surface area contributed by atoms with Gasteiger partial charge in [0.15, 0.2) is 11.5 Å². The van der Waals surface area contributed by atoms with Gasteiger partial charge in [-0.2, -0.15) is 0 Å². The Balaban J connectivity index is 2.39. The molecule has 0 aliphatic carbocycles. The van der Waals surface area contributed by atoms with E-state index in [1.54, 1.807) is 12.1 Å². The second-order valence-electron chi connectivity index (χ2n) is 5.97. The van der Waals surface area contributed by atoms with Crippen molar-refractivity contribution in [3.63, 3.8) is 0 Å². The average Bonchev–Trinajstić information content (AvgIpc) is 2.48. The maximum atomic E-state index is 9.76. The number of ether oxygens (including phenoxy) is 1. The molecule has 0 bridgehead atoms. The van der Waals surface area contributed by atoms with Crippen LogP contribution in [-0.2, 0) is 9.31 Å². The molecule has 1 aliphatic heterocycles. The number of phenols is 1. The lowest BCUT2D eigenvalue weighted by Crippen LogP contribution is -2.41. The van der Waals surface area contributed by atoms with Gasteiger partial charge in [-0.15, -0.1) is 0 Å². The van der Waals surface area contributed by atoms with Gasteiger partial charge >= 0.3 is 7.12 Å². The molecule has 0 unspecified atom stereocenters. The fraction of sp³-hybridized carbons (Fsp3) is 0.571. The van der Waals surface area contributed by atoms with E-state index in [4.69, 9.17) is 14.0 Å². The fourth-order valence-electron chi connectivity index (χ4n) is 2.08. The van der Waals surface area contributed by atoms with Gasteiger partial charge in [0.1, 0.15) is 0 Å². The summed E-state index contributed by atoms with van der Waals surface area (Å²) >= 11 is 0. The third-order valence-electron chi connectivity index (χ3n) is 4.07. The quantitative estimate of drug-likeness (QED) is 0.830. The molecule has 0 aromatic heterocycles. The molecule has 4 nitrogen and oxygen atoms in total. The minimum atomic E-state index is -0.445. The van der Waals surface area contributed by atoms with Gasteiger partial charge in [-0.1, -0.05) is 0 Å². The lowest BCUT2D eigenvalue weighted by atomic mass is 9.76. The van der Waals surface area contributed by atoms with Crippen molar-refractivity contribution < 1.29 is 19.2 Å². The standard InChI is InChI=1S/C14H21BO4/c1-9-7-11(16)12(17-6)8-10(9)15-18-13(2,3)14(4,5)19-15/h7-8,16H,1-6H3. The highest BCUT2D eigenvalue weighted by atomic mass is 16.7. The highest BCUT2D eigenvalue weighted by molar-refractivity contribution is 6.62. The molecule has 1 aromatic rings. The van der Waals surface area contributed by atoms with Crippen LogP contribution in [0.1, 0.15) is 33.3 Å². The van der Waals surface area contributed by atoms with Crippen molar-refractivity contribution in [3.05, 3.63) is 17.7 Å². The highest BCUT2D eigenvalue weighted by Gasteiger charge is 2.52. The number of rotatable bonds is 2. The number of hydrogen-bond acceptors (Lipinski definition) is 4. The normalized spacial score (nSPS) is 20.6. The first-order valence-corrected chi connectivity index (χ1v) is 6.41. The second-order valence-corrected chi connectivity index (χ2v) is 5.97. The van der Waals surface area contributed by atoms with Crippen LogP contribution in [0.2, 0.25) is 0 Å². The molecule has 1 fully saturated rings. The van der Waals surface area contributed by atoms with Crippen LogP contribution >= 0.6 is 0 Å². The predicted molar refractivity (Wildman–Crippen MR) is 75.1 cm³/mol. The average molecular weight is 264 g/mol. The molecule has 1 saturated heterocycles. The molecule has 0 spiro atoms. The highest BCUT2D eigenvalue weighted by Crippen LogP contribution is 2.37. The second kappa shape index (κ2) is 4.42. The zero-order valence-corrected chi connectivity index (χ0v) is 12.4. The Kier molecular flexibility index (Phi) is 3.31. The van der Waals surface area contributed by atoms with Gasteiger partial charge in [-0.25, -0.2) is 0 Å². The predicted octanol–water partition coefficient (Wildman–Crippen LogP) is 2.01. The number of methoxy groups -OCH3 is 1. The Morgan fingerprint density at radius 2 is 1.63 bits per heavy atom. The van der Waals surface area contributed by atoms with Crippen LogP contribution in [0.15, 0.2) is 12.1 Å². The van der Waals surface area contributed by atoms with Crippen molar-refractivity contribution >= 4 is 12.6 Å². The number of benzene rings is 1. The molecule has 0 atom stereocenters. The first kappa shape index (κ1) is 14.2. The van der Waals surface area contributed by atoms with Gasteiger partial charge in [0.05, 0.1) is 18.3 Å². The Morgan fingerprint density at radius 1 is 1.11 bits per heavy atom. The summed E-state index contributed by atoms with van der Waals surface area (Å²) in [5.41, 5.74) is 1.04. The molecule has 1 aliphatic rings. The van der Waals surface area contributed by atoms with E-state index in [0.717, 1.165) is 11.0 Å². The zero-order chi connectivity index (χ0) is 14.4. The van der Waals surface area contributed by atoms with Crippen molar-refractivity contribution in [2.45, 2.75) is 45.8 Å². The molecular formula is C14H21BO4. The van der Waals surface area contributed by atoms with Gasteiger partial charge in [0.2, 0.25) is 0 Å². The zero-order valence-electron chi connectivity index (χ0n) is 12.4. The number of aryl methyl sites for hydroxylation is 1. The number of hydrogen-bond donors (Lipinski definition) is 1. The van der Waals surface area contributed by atoms with Crippen LogP contribution in [0.4, 0.5) is 0 Å². The molecule has 2 rings (SSSR count). The molecule has 1 N–H and O–H groups in total. The molecule has 0 amide bonds. The van der Waals surface area contributed by atoms with Crippen molar-refractivity contribution in [2.75, 3.05) is 7.11 Å². The van der Waals surface area contributed by atoms with Crippen LogP contribution in [0.25, 0.3) is 0 Å². The molecule has 104 valence electrons. The summed E-state index contributed by atoms with van der Waals surface area (Å²) in [4.78, 5) is 0. The third kappa shape index (κ3) is 2.32. The Bertz CT molecular complexity index is 480. The van der Waals surface area contributed by atoms with Gasteiger partial charge in [-0.3, -0.25) is 0 Å². The van der Waals surface area contributed by atoms with E-state index >= 15 is 0 Å². The van der Waals surface area contributed by atoms with E-state index in [2.05, 4.69) is 0 Å². The van der Waals surface area contributed by atoms with Crippen LogP contribution in [-0.4, -0.2) is 30.5 Å². The molecule has 5 heteroatoms. The third-order valence-corrected chi connectivity index (χ3v) is 4.07. The molecule has 1 heterocycles.